The molecule has 0 aliphatic rings. The van der Waals surface area contributed by atoms with Gasteiger partial charge in [-0.1, -0.05) is 28.4 Å². The van der Waals surface area contributed by atoms with E-state index in [0.717, 1.165) is 0 Å². The zero-order chi connectivity index (χ0) is 13.3. The van der Waals surface area contributed by atoms with Gasteiger partial charge in [0.15, 0.2) is 4.60 Å². The van der Waals surface area contributed by atoms with Gasteiger partial charge in [-0.3, -0.25) is 10.8 Å². The summed E-state index contributed by atoms with van der Waals surface area (Å²) in [5, 5.41) is 8.66. The molecule has 3 N–H and O–H groups in total. The summed E-state index contributed by atoms with van der Waals surface area (Å²) in [4.78, 5) is 4.19. The third-order valence-corrected chi connectivity index (χ3v) is 3.45. The summed E-state index contributed by atoms with van der Waals surface area (Å²) < 4.78 is 2.15. The van der Waals surface area contributed by atoms with Crippen LogP contribution in [0.25, 0.3) is 0 Å². The van der Waals surface area contributed by atoms with Crippen molar-refractivity contribution in [1.82, 2.24) is 25.4 Å². The Morgan fingerprint density at radius 2 is 2.22 bits per heavy atom. The van der Waals surface area contributed by atoms with Crippen molar-refractivity contribution in [2.45, 2.75) is 6.04 Å². The predicted molar refractivity (Wildman–Crippen MR) is 72.1 cm³/mol. The standard InChI is InChI=1S/C9H9BrCl2N6/c1-18-8(9(10)16-17-18)7(15-13)6-5(12)2-4(11)3-14-6/h2-3,7,15H,13H2,1H3. The predicted octanol–water partition coefficient (Wildman–Crippen LogP) is 1.83. The topological polar surface area (TPSA) is 81.7 Å². The lowest BCUT2D eigenvalue weighted by Crippen LogP contribution is -2.31. The van der Waals surface area contributed by atoms with E-state index in [2.05, 4.69) is 36.7 Å². The lowest BCUT2D eigenvalue weighted by atomic mass is 10.1. The molecule has 0 fully saturated rings. The number of aryl methyl sites for hydroxylation is 1. The van der Waals surface area contributed by atoms with Crippen molar-refractivity contribution in [1.29, 1.82) is 0 Å². The Labute approximate surface area is 122 Å². The highest BCUT2D eigenvalue weighted by Crippen LogP contribution is 2.30. The molecule has 1 unspecified atom stereocenters. The maximum atomic E-state index is 6.12. The largest absolute Gasteiger partial charge is 0.270 e. The van der Waals surface area contributed by atoms with Gasteiger partial charge in [0.1, 0.15) is 6.04 Å². The van der Waals surface area contributed by atoms with E-state index >= 15 is 0 Å². The molecule has 1 atom stereocenters. The number of nitrogens with zero attached hydrogens (tertiary/aromatic N) is 4. The maximum absolute atomic E-state index is 6.12. The van der Waals surface area contributed by atoms with Crippen molar-refractivity contribution in [2.75, 3.05) is 0 Å². The summed E-state index contributed by atoms with van der Waals surface area (Å²) in [6.07, 6.45) is 1.50. The van der Waals surface area contributed by atoms with Crippen LogP contribution in [-0.2, 0) is 7.05 Å². The van der Waals surface area contributed by atoms with Crippen LogP contribution in [-0.4, -0.2) is 20.0 Å². The van der Waals surface area contributed by atoms with Crippen LogP contribution in [0.15, 0.2) is 16.9 Å². The van der Waals surface area contributed by atoms with Gasteiger partial charge in [0.05, 0.1) is 21.4 Å². The summed E-state index contributed by atoms with van der Waals surface area (Å²) in [6.45, 7) is 0. The Morgan fingerprint density at radius 1 is 1.50 bits per heavy atom. The molecule has 2 aromatic heterocycles. The second-order valence-electron chi connectivity index (χ2n) is 3.51. The molecule has 0 aromatic carbocycles. The molecule has 2 aromatic rings. The van der Waals surface area contributed by atoms with Gasteiger partial charge in [0, 0.05) is 13.2 Å². The van der Waals surface area contributed by atoms with Crippen LogP contribution in [0, 0.1) is 0 Å². The molecular weight excluding hydrogens is 343 g/mol. The minimum absolute atomic E-state index is 0.415. The van der Waals surface area contributed by atoms with Gasteiger partial charge in [0.25, 0.3) is 0 Å². The molecule has 0 spiro atoms. The number of aromatic nitrogens is 4. The molecule has 96 valence electrons. The van der Waals surface area contributed by atoms with E-state index in [4.69, 9.17) is 29.0 Å². The maximum Gasteiger partial charge on any atom is 0.153 e. The lowest BCUT2D eigenvalue weighted by molar-refractivity contribution is 0.559. The molecule has 0 bridgehead atoms. The average molecular weight is 352 g/mol. The summed E-state index contributed by atoms with van der Waals surface area (Å²) in [7, 11) is 1.75. The van der Waals surface area contributed by atoms with Gasteiger partial charge in [0.2, 0.25) is 0 Å². The fourth-order valence-corrected chi connectivity index (χ4v) is 2.62. The van der Waals surface area contributed by atoms with Gasteiger partial charge >= 0.3 is 0 Å². The van der Waals surface area contributed by atoms with Crippen molar-refractivity contribution in [3.05, 3.63) is 38.3 Å². The van der Waals surface area contributed by atoms with Crippen LogP contribution in [0.1, 0.15) is 17.4 Å². The first-order valence-electron chi connectivity index (χ1n) is 4.86. The van der Waals surface area contributed by atoms with E-state index in [0.29, 0.717) is 26.0 Å². The normalized spacial score (nSPS) is 12.7. The minimum atomic E-state index is -0.441. The first-order chi connectivity index (χ1) is 8.54. The molecule has 9 heteroatoms. The van der Waals surface area contributed by atoms with Crippen molar-refractivity contribution in [2.24, 2.45) is 12.9 Å². The minimum Gasteiger partial charge on any atom is -0.270 e. The average Bonchev–Trinajstić information content (AvgIpc) is 2.64. The lowest BCUT2D eigenvalue weighted by Gasteiger charge is -2.16. The van der Waals surface area contributed by atoms with E-state index in [-0.39, 0.29) is 0 Å². The summed E-state index contributed by atoms with van der Waals surface area (Å²) in [6, 6.07) is 1.16. The van der Waals surface area contributed by atoms with Crippen molar-refractivity contribution >= 4 is 39.1 Å². The van der Waals surface area contributed by atoms with Crippen molar-refractivity contribution in [3.63, 3.8) is 0 Å². The molecule has 0 radical (unpaired) electrons. The van der Waals surface area contributed by atoms with Crippen LogP contribution in [0.5, 0.6) is 0 Å². The first kappa shape index (κ1) is 13.7. The Bertz CT molecular complexity index is 553. The number of rotatable bonds is 3. The van der Waals surface area contributed by atoms with E-state index < -0.39 is 6.04 Å². The van der Waals surface area contributed by atoms with Gasteiger partial charge in [-0.2, -0.15) is 0 Å². The SMILES string of the molecule is Cn1nnc(Br)c1C(NN)c1ncc(Cl)cc1Cl. The highest BCUT2D eigenvalue weighted by Gasteiger charge is 2.24. The van der Waals surface area contributed by atoms with Crippen LogP contribution in [0.2, 0.25) is 10.0 Å². The molecule has 0 aliphatic heterocycles. The number of pyridine rings is 1. The third-order valence-electron chi connectivity index (χ3n) is 2.38. The summed E-state index contributed by atoms with van der Waals surface area (Å²) in [5.41, 5.74) is 3.91. The molecule has 2 heterocycles. The van der Waals surface area contributed by atoms with Crippen molar-refractivity contribution < 1.29 is 0 Å². The molecule has 18 heavy (non-hydrogen) atoms. The zero-order valence-electron chi connectivity index (χ0n) is 9.23. The van der Waals surface area contributed by atoms with E-state index in [1.807, 2.05) is 0 Å². The summed E-state index contributed by atoms with van der Waals surface area (Å²) >= 11 is 15.2. The van der Waals surface area contributed by atoms with Crippen LogP contribution in [0.3, 0.4) is 0 Å². The number of nitrogens with two attached hydrogens (primary N) is 1. The number of hydrogen-bond donors (Lipinski definition) is 2. The van der Waals surface area contributed by atoms with Crippen molar-refractivity contribution in [3.8, 4) is 0 Å². The second-order valence-corrected chi connectivity index (χ2v) is 5.10. The Kier molecular flexibility index (Phi) is 4.18. The van der Waals surface area contributed by atoms with Gasteiger partial charge in [-0.05, 0) is 22.0 Å². The van der Waals surface area contributed by atoms with Gasteiger partial charge < -0.3 is 0 Å². The van der Waals surface area contributed by atoms with Gasteiger partial charge in [-0.25, -0.2) is 10.1 Å². The van der Waals surface area contributed by atoms with E-state index in [1.54, 1.807) is 17.8 Å². The number of hydrazine groups is 1. The third kappa shape index (κ3) is 2.50. The molecule has 2 rings (SSSR count). The fraction of sp³-hybridized carbons (Fsp3) is 0.222. The van der Waals surface area contributed by atoms with Crippen LogP contribution >= 0.6 is 39.1 Å². The molecule has 0 saturated carbocycles. The first-order valence-corrected chi connectivity index (χ1v) is 6.41. The quantitative estimate of drug-likeness (QED) is 0.651. The molecule has 0 saturated heterocycles. The molecule has 6 nitrogen and oxygen atoms in total. The second kappa shape index (κ2) is 5.50. The highest BCUT2D eigenvalue weighted by atomic mass is 79.9. The Balaban J connectivity index is 2.52. The number of hydrogen-bond acceptors (Lipinski definition) is 5. The van der Waals surface area contributed by atoms with Gasteiger partial charge in [-0.15, -0.1) is 5.10 Å². The summed E-state index contributed by atoms with van der Waals surface area (Å²) in [5.74, 6) is 5.57. The molecule has 0 aliphatic carbocycles. The van der Waals surface area contributed by atoms with Crippen LogP contribution in [0.4, 0.5) is 0 Å². The Morgan fingerprint density at radius 3 is 2.72 bits per heavy atom. The number of nitrogens with one attached hydrogen (secondary N) is 1. The molecular formula is C9H9BrCl2N6. The smallest absolute Gasteiger partial charge is 0.153 e. The number of halogens is 3. The monoisotopic (exact) mass is 350 g/mol. The van der Waals surface area contributed by atoms with Crippen LogP contribution < -0.4 is 11.3 Å². The zero-order valence-corrected chi connectivity index (χ0v) is 12.3. The Hall–Kier alpha value is -0.730. The van der Waals surface area contributed by atoms with E-state index in [9.17, 15) is 0 Å². The van der Waals surface area contributed by atoms with E-state index in [1.165, 1.54) is 6.20 Å². The fourth-order valence-electron chi connectivity index (χ4n) is 1.57. The molecule has 0 amide bonds. The highest BCUT2D eigenvalue weighted by molar-refractivity contribution is 9.10.